The van der Waals surface area contributed by atoms with E-state index in [2.05, 4.69) is 5.32 Å². The number of carbonyl (C=O) groups excluding carboxylic acids is 2. The Hall–Kier alpha value is -1.88. The van der Waals surface area contributed by atoms with E-state index in [0.29, 0.717) is 17.9 Å². The van der Waals surface area contributed by atoms with Crippen LogP contribution in [0.1, 0.15) is 23.7 Å². The Kier molecular flexibility index (Phi) is 4.16. The normalized spacial score (nSPS) is 16.6. The minimum atomic E-state index is -0.203. The summed E-state index contributed by atoms with van der Waals surface area (Å²) in [5.41, 5.74) is 1.21. The fourth-order valence-electron chi connectivity index (χ4n) is 2.25. The zero-order valence-corrected chi connectivity index (χ0v) is 11.2. The summed E-state index contributed by atoms with van der Waals surface area (Å²) in [6, 6.07) is 7.16. The molecule has 1 aliphatic heterocycles. The molecule has 2 amide bonds. The van der Waals surface area contributed by atoms with Crippen molar-refractivity contribution in [1.29, 1.82) is 0 Å². The monoisotopic (exact) mass is 262 g/mol. The molecule has 0 fully saturated rings. The lowest BCUT2D eigenvalue weighted by Gasteiger charge is -2.28. The highest BCUT2D eigenvalue weighted by molar-refractivity contribution is 6.09. The number of para-hydroxylation sites is 1. The molecular formula is C14H18N2O3. The summed E-state index contributed by atoms with van der Waals surface area (Å²) < 4.78 is 5.06. The van der Waals surface area contributed by atoms with Gasteiger partial charge in [0.25, 0.3) is 5.91 Å². The predicted octanol–water partition coefficient (Wildman–Crippen LogP) is 1.19. The van der Waals surface area contributed by atoms with Crippen molar-refractivity contribution in [3.05, 3.63) is 29.8 Å². The largest absolute Gasteiger partial charge is 0.385 e. The second kappa shape index (κ2) is 5.84. The van der Waals surface area contributed by atoms with Crippen LogP contribution in [-0.4, -0.2) is 38.1 Å². The average molecular weight is 262 g/mol. The van der Waals surface area contributed by atoms with Crippen LogP contribution in [0.4, 0.5) is 5.69 Å². The van der Waals surface area contributed by atoms with Gasteiger partial charge in [-0.05, 0) is 25.5 Å². The van der Waals surface area contributed by atoms with Gasteiger partial charge in [-0.3, -0.25) is 9.59 Å². The third-order valence-electron chi connectivity index (χ3n) is 3.26. The molecule has 0 spiro atoms. The lowest BCUT2D eigenvalue weighted by Crippen LogP contribution is -2.42. The van der Waals surface area contributed by atoms with Crippen molar-refractivity contribution in [2.45, 2.75) is 19.4 Å². The number of methoxy groups -OCH3 is 1. The Morgan fingerprint density at radius 1 is 1.37 bits per heavy atom. The topological polar surface area (TPSA) is 58.6 Å². The molecule has 102 valence electrons. The molecule has 1 aliphatic rings. The Morgan fingerprint density at radius 3 is 2.84 bits per heavy atom. The van der Waals surface area contributed by atoms with Gasteiger partial charge in [0.2, 0.25) is 5.91 Å². The van der Waals surface area contributed by atoms with E-state index in [0.717, 1.165) is 6.42 Å². The van der Waals surface area contributed by atoms with Crippen LogP contribution in [0.5, 0.6) is 0 Å². The van der Waals surface area contributed by atoms with Crippen molar-refractivity contribution >= 4 is 17.5 Å². The zero-order chi connectivity index (χ0) is 13.8. The first kappa shape index (κ1) is 13.5. The molecule has 1 aromatic carbocycles. The zero-order valence-electron chi connectivity index (χ0n) is 11.2. The lowest BCUT2D eigenvalue weighted by atomic mass is 10.1. The highest BCUT2D eigenvalue weighted by Gasteiger charge is 2.29. The highest BCUT2D eigenvalue weighted by Crippen LogP contribution is 2.25. The van der Waals surface area contributed by atoms with Gasteiger partial charge in [0, 0.05) is 19.8 Å². The minimum absolute atomic E-state index is 0.0127. The van der Waals surface area contributed by atoms with Gasteiger partial charge < -0.3 is 15.0 Å². The van der Waals surface area contributed by atoms with Gasteiger partial charge in [0.05, 0.1) is 17.8 Å². The van der Waals surface area contributed by atoms with E-state index >= 15 is 0 Å². The van der Waals surface area contributed by atoms with Crippen LogP contribution in [0.3, 0.4) is 0 Å². The van der Waals surface area contributed by atoms with E-state index < -0.39 is 0 Å². The van der Waals surface area contributed by atoms with Crippen molar-refractivity contribution in [3.63, 3.8) is 0 Å². The lowest BCUT2D eigenvalue weighted by molar-refractivity contribution is -0.118. The van der Waals surface area contributed by atoms with Crippen molar-refractivity contribution in [2.75, 3.05) is 25.2 Å². The molecule has 1 unspecified atom stereocenters. The van der Waals surface area contributed by atoms with Gasteiger partial charge in [0.15, 0.2) is 0 Å². The maximum Gasteiger partial charge on any atom is 0.253 e. The summed E-state index contributed by atoms with van der Waals surface area (Å²) in [6.45, 7) is 2.57. The number of hydrogen-bond acceptors (Lipinski definition) is 3. The van der Waals surface area contributed by atoms with Gasteiger partial charge in [-0.2, -0.15) is 0 Å². The Balaban J connectivity index is 2.37. The van der Waals surface area contributed by atoms with Crippen LogP contribution >= 0.6 is 0 Å². The van der Waals surface area contributed by atoms with Crippen molar-refractivity contribution in [2.24, 2.45) is 0 Å². The smallest absolute Gasteiger partial charge is 0.253 e. The summed E-state index contributed by atoms with van der Waals surface area (Å²) >= 11 is 0. The number of fused-ring (bicyclic) bond motifs is 1. The van der Waals surface area contributed by atoms with Crippen LogP contribution in [0.15, 0.2) is 24.3 Å². The second-order valence-electron chi connectivity index (χ2n) is 4.59. The number of amides is 2. The van der Waals surface area contributed by atoms with Crippen LogP contribution in [-0.2, 0) is 9.53 Å². The van der Waals surface area contributed by atoms with E-state index in [1.807, 2.05) is 13.0 Å². The third kappa shape index (κ3) is 2.76. The minimum Gasteiger partial charge on any atom is -0.385 e. The highest BCUT2D eigenvalue weighted by atomic mass is 16.5. The van der Waals surface area contributed by atoms with E-state index in [4.69, 9.17) is 4.74 Å². The molecule has 0 bridgehead atoms. The fourth-order valence-corrected chi connectivity index (χ4v) is 2.25. The van der Waals surface area contributed by atoms with Gasteiger partial charge in [-0.1, -0.05) is 12.1 Å². The molecular weight excluding hydrogens is 244 g/mol. The first-order valence-corrected chi connectivity index (χ1v) is 6.33. The molecule has 0 aliphatic carbocycles. The van der Waals surface area contributed by atoms with Crippen molar-refractivity contribution in [3.8, 4) is 0 Å². The molecule has 0 radical (unpaired) electrons. The molecule has 0 aromatic heterocycles. The summed E-state index contributed by atoms with van der Waals surface area (Å²) in [5.74, 6) is -0.299. The summed E-state index contributed by atoms with van der Waals surface area (Å²) in [7, 11) is 1.63. The van der Waals surface area contributed by atoms with Crippen molar-refractivity contribution in [1.82, 2.24) is 5.32 Å². The number of anilines is 1. The number of hydrogen-bond donors (Lipinski definition) is 1. The first-order chi connectivity index (χ1) is 9.15. The first-order valence-electron chi connectivity index (χ1n) is 6.33. The third-order valence-corrected chi connectivity index (χ3v) is 3.26. The number of nitrogens with zero attached hydrogens (tertiary/aromatic N) is 1. The molecule has 1 heterocycles. The maximum atomic E-state index is 12.2. The van der Waals surface area contributed by atoms with Gasteiger partial charge >= 0.3 is 0 Å². The number of carbonyl (C=O) groups is 2. The maximum absolute atomic E-state index is 12.2. The Bertz CT molecular complexity index is 487. The van der Waals surface area contributed by atoms with Gasteiger partial charge in [0.1, 0.15) is 0 Å². The Morgan fingerprint density at radius 2 is 2.11 bits per heavy atom. The quantitative estimate of drug-likeness (QED) is 0.886. The molecule has 5 heteroatoms. The second-order valence-corrected chi connectivity index (χ2v) is 4.59. The fraction of sp³-hybridized carbons (Fsp3) is 0.429. The molecule has 0 saturated heterocycles. The van der Waals surface area contributed by atoms with Crippen molar-refractivity contribution < 1.29 is 14.3 Å². The van der Waals surface area contributed by atoms with Crippen LogP contribution < -0.4 is 10.2 Å². The van der Waals surface area contributed by atoms with Crippen LogP contribution in [0.2, 0.25) is 0 Å². The van der Waals surface area contributed by atoms with E-state index in [1.165, 1.54) is 0 Å². The molecule has 2 rings (SSSR count). The summed E-state index contributed by atoms with van der Waals surface area (Å²) in [4.78, 5) is 25.8. The average Bonchev–Trinajstić information content (AvgIpc) is 2.54. The number of nitrogens with one attached hydrogen (secondary N) is 1. The van der Waals surface area contributed by atoms with E-state index in [-0.39, 0.29) is 24.4 Å². The van der Waals surface area contributed by atoms with Crippen LogP contribution in [0.25, 0.3) is 0 Å². The molecule has 1 N–H and O–H groups in total. The summed E-state index contributed by atoms with van der Waals surface area (Å²) in [6.07, 6.45) is 0.727. The SMILES string of the molecule is COCCC(C)N1C(=O)CNC(=O)c2ccccc21. The molecule has 1 aromatic rings. The standard InChI is InChI=1S/C14H18N2O3/c1-10(7-8-19-2)16-12-6-4-3-5-11(12)14(18)15-9-13(16)17/h3-6,10H,7-9H2,1-2H3,(H,15,18). The van der Waals surface area contributed by atoms with Crippen LogP contribution in [0, 0.1) is 0 Å². The predicted molar refractivity (Wildman–Crippen MR) is 72.2 cm³/mol. The van der Waals surface area contributed by atoms with Gasteiger partial charge in [-0.15, -0.1) is 0 Å². The van der Waals surface area contributed by atoms with E-state index in [9.17, 15) is 9.59 Å². The molecule has 5 nitrogen and oxygen atoms in total. The molecule has 19 heavy (non-hydrogen) atoms. The molecule has 0 saturated carbocycles. The summed E-state index contributed by atoms with van der Waals surface area (Å²) in [5, 5.41) is 2.63. The van der Waals surface area contributed by atoms with E-state index in [1.54, 1.807) is 30.2 Å². The Labute approximate surface area is 112 Å². The molecule has 1 atom stereocenters. The number of rotatable bonds is 4. The number of ether oxygens (including phenoxy) is 1. The number of benzene rings is 1. The van der Waals surface area contributed by atoms with Gasteiger partial charge in [-0.25, -0.2) is 0 Å².